The Morgan fingerprint density at radius 1 is 1.16 bits per heavy atom. The molecular formula is C25H26BFN4O6. The van der Waals surface area contributed by atoms with Gasteiger partial charge in [0.05, 0.1) is 18.9 Å². The molecule has 10 nitrogen and oxygen atoms in total. The van der Waals surface area contributed by atoms with Crippen molar-refractivity contribution in [3.8, 4) is 11.5 Å². The Hall–Kier alpha value is -3.64. The minimum atomic E-state index is -0.898. The largest absolute Gasteiger partial charge is 0.505 e. The number of fused-ring (bicyclic) bond motifs is 1. The van der Waals surface area contributed by atoms with Gasteiger partial charge in [0.2, 0.25) is 11.8 Å². The molecule has 37 heavy (non-hydrogen) atoms. The highest BCUT2D eigenvalue weighted by atomic mass is 19.1. The number of phenolic OH excluding ortho intramolecular Hbond substituents is 2. The van der Waals surface area contributed by atoms with Gasteiger partial charge in [0.25, 0.3) is 5.91 Å². The molecular weight excluding hydrogens is 482 g/mol. The number of hydrogen-bond acceptors (Lipinski definition) is 8. The van der Waals surface area contributed by atoms with E-state index >= 15 is 0 Å². The van der Waals surface area contributed by atoms with Gasteiger partial charge < -0.3 is 25.2 Å². The molecule has 3 heterocycles. The van der Waals surface area contributed by atoms with Crippen LogP contribution in [0.25, 0.3) is 0 Å². The molecule has 0 spiro atoms. The van der Waals surface area contributed by atoms with Gasteiger partial charge in [-0.25, -0.2) is 4.39 Å². The molecule has 0 bridgehead atoms. The first-order valence-electron chi connectivity index (χ1n) is 12.1. The number of ether oxygens (including phenoxy) is 1. The summed E-state index contributed by atoms with van der Waals surface area (Å²) in [6.45, 7) is 3.34. The maximum absolute atomic E-state index is 14.9. The summed E-state index contributed by atoms with van der Waals surface area (Å²) >= 11 is 0. The molecule has 2 aromatic rings. The predicted octanol–water partition coefficient (Wildman–Crippen LogP) is 0.236. The van der Waals surface area contributed by atoms with Gasteiger partial charge in [0.1, 0.15) is 19.7 Å². The second-order valence-corrected chi connectivity index (χ2v) is 9.41. The number of carbonyl (C=O) groups excluding carboxylic acids is 3. The summed E-state index contributed by atoms with van der Waals surface area (Å²) in [6.07, 6.45) is 0.224. The highest BCUT2D eigenvalue weighted by molar-refractivity contribution is 6.39. The van der Waals surface area contributed by atoms with Crippen molar-refractivity contribution in [3.05, 3.63) is 46.3 Å². The predicted molar refractivity (Wildman–Crippen MR) is 131 cm³/mol. The Kier molecular flexibility index (Phi) is 6.78. The molecule has 0 aliphatic carbocycles. The lowest BCUT2D eigenvalue weighted by Gasteiger charge is -2.29. The van der Waals surface area contributed by atoms with Gasteiger partial charge in [-0.3, -0.25) is 24.6 Å². The van der Waals surface area contributed by atoms with E-state index < -0.39 is 41.1 Å². The lowest BCUT2D eigenvalue weighted by atomic mass is 9.86. The summed E-state index contributed by atoms with van der Waals surface area (Å²) in [5, 5.41) is 26.2. The molecule has 3 aliphatic rings. The van der Waals surface area contributed by atoms with Gasteiger partial charge in [0.15, 0.2) is 11.5 Å². The molecule has 12 heteroatoms. The summed E-state index contributed by atoms with van der Waals surface area (Å²) in [7, 11) is 5.96. The first kappa shape index (κ1) is 25.0. The van der Waals surface area contributed by atoms with Crippen molar-refractivity contribution in [1.82, 2.24) is 15.1 Å². The van der Waals surface area contributed by atoms with Gasteiger partial charge >= 0.3 is 0 Å². The van der Waals surface area contributed by atoms with E-state index in [1.54, 1.807) is 6.07 Å². The van der Waals surface area contributed by atoms with E-state index in [4.69, 9.17) is 12.6 Å². The van der Waals surface area contributed by atoms with Gasteiger partial charge in [-0.05, 0) is 23.5 Å². The number of nitrogens with zero attached hydrogens (tertiary/aromatic N) is 2. The molecule has 192 valence electrons. The van der Waals surface area contributed by atoms with E-state index in [1.165, 1.54) is 11.0 Å². The highest BCUT2D eigenvalue weighted by Gasteiger charge is 2.42. The lowest BCUT2D eigenvalue weighted by Crippen LogP contribution is -2.52. The Balaban J connectivity index is 1.36. The summed E-state index contributed by atoms with van der Waals surface area (Å²) in [6, 6.07) is 4.04. The van der Waals surface area contributed by atoms with E-state index in [2.05, 4.69) is 15.5 Å². The standard InChI is InChI=1S/C25H26BFN4O6/c26-20-19-15(12-31(25(19)36)17-3-4-18(32)29-24(17)35)21(23(34)22(20)33)28-10-14-2-1-13(9-16(14)27)11-30-5-7-37-8-6-30/h1-2,9,17,28,33-34H,3-8,10-12H2,(H,29,32,35). The Morgan fingerprint density at radius 2 is 1.92 bits per heavy atom. The fourth-order valence-corrected chi connectivity index (χ4v) is 5.04. The summed E-state index contributed by atoms with van der Waals surface area (Å²) < 4.78 is 20.3. The van der Waals surface area contributed by atoms with Crippen LogP contribution >= 0.6 is 0 Å². The number of piperidine rings is 1. The maximum Gasteiger partial charge on any atom is 0.254 e. The Bertz CT molecular complexity index is 1280. The number of hydrogen-bond donors (Lipinski definition) is 4. The summed E-state index contributed by atoms with van der Waals surface area (Å²) in [5.41, 5.74) is 1.11. The topological polar surface area (TPSA) is 131 Å². The average Bonchev–Trinajstić information content (AvgIpc) is 3.21. The van der Waals surface area contributed by atoms with Crippen LogP contribution in [0.3, 0.4) is 0 Å². The number of imide groups is 1. The van der Waals surface area contributed by atoms with Gasteiger partial charge in [0, 0.05) is 55.8 Å². The van der Waals surface area contributed by atoms with Crippen molar-refractivity contribution >= 4 is 36.7 Å². The number of morpholine rings is 1. The van der Waals surface area contributed by atoms with Crippen LogP contribution in [0.15, 0.2) is 18.2 Å². The van der Waals surface area contributed by atoms with Crippen molar-refractivity contribution < 1.29 is 33.7 Å². The van der Waals surface area contributed by atoms with Gasteiger partial charge in [-0.1, -0.05) is 12.1 Å². The maximum atomic E-state index is 14.9. The van der Waals surface area contributed by atoms with Gasteiger partial charge in [-0.2, -0.15) is 0 Å². The molecule has 3 amide bonds. The second-order valence-electron chi connectivity index (χ2n) is 9.41. The number of anilines is 1. The first-order valence-corrected chi connectivity index (χ1v) is 12.1. The number of phenols is 2. The van der Waals surface area contributed by atoms with Crippen molar-refractivity contribution in [3.63, 3.8) is 0 Å². The van der Waals surface area contributed by atoms with E-state index in [-0.39, 0.29) is 48.2 Å². The van der Waals surface area contributed by atoms with Crippen LogP contribution in [0.5, 0.6) is 11.5 Å². The van der Waals surface area contributed by atoms with Crippen molar-refractivity contribution in [2.75, 3.05) is 31.6 Å². The third-order valence-electron chi connectivity index (χ3n) is 7.06. The average molecular weight is 508 g/mol. The number of halogens is 1. The number of aromatic hydroxyl groups is 2. The summed E-state index contributed by atoms with van der Waals surface area (Å²) in [4.78, 5) is 40.5. The third-order valence-corrected chi connectivity index (χ3v) is 7.06. The smallest absolute Gasteiger partial charge is 0.254 e. The molecule has 2 radical (unpaired) electrons. The minimum absolute atomic E-state index is 0.0293. The SMILES string of the molecule is [B]c1c(O)c(O)c(NCc2ccc(CN3CCOCC3)cc2F)c2c1C(=O)N(C1CCC(=O)NC1=O)C2. The van der Waals surface area contributed by atoms with Crippen LogP contribution < -0.4 is 16.1 Å². The fourth-order valence-electron chi connectivity index (χ4n) is 5.04. The molecule has 3 aliphatic heterocycles. The molecule has 1 unspecified atom stereocenters. The van der Waals surface area contributed by atoms with Crippen molar-refractivity contribution in [2.45, 2.75) is 38.5 Å². The Morgan fingerprint density at radius 3 is 2.62 bits per heavy atom. The quantitative estimate of drug-likeness (QED) is 0.248. The summed E-state index contributed by atoms with van der Waals surface area (Å²) in [5.74, 6) is -3.30. The zero-order chi connectivity index (χ0) is 26.3. The van der Waals surface area contributed by atoms with E-state index in [1.807, 2.05) is 6.07 Å². The van der Waals surface area contributed by atoms with Crippen LogP contribution in [-0.4, -0.2) is 77.9 Å². The van der Waals surface area contributed by atoms with Crippen LogP contribution in [0, 0.1) is 5.82 Å². The first-order chi connectivity index (χ1) is 17.7. The minimum Gasteiger partial charge on any atom is -0.505 e. The molecule has 0 saturated carbocycles. The molecule has 2 saturated heterocycles. The monoisotopic (exact) mass is 508 g/mol. The molecule has 5 rings (SSSR count). The normalized spacial score (nSPS) is 20.2. The third kappa shape index (κ3) is 4.74. The highest BCUT2D eigenvalue weighted by Crippen LogP contribution is 2.41. The van der Waals surface area contributed by atoms with E-state index in [0.717, 1.165) is 18.7 Å². The number of benzene rings is 2. The number of nitrogens with one attached hydrogen (secondary N) is 2. The molecule has 2 aromatic carbocycles. The van der Waals surface area contributed by atoms with Gasteiger partial charge in [-0.15, -0.1) is 0 Å². The zero-order valence-corrected chi connectivity index (χ0v) is 20.1. The fraction of sp³-hybridized carbons (Fsp3) is 0.400. The van der Waals surface area contributed by atoms with Crippen LogP contribution in [-0.2, 0) is 34.0 Å². The lowest BCUT2D eigenvalue weighted by molar-refractivity contribution is -0.136. The number of amides is 3. The van der Waals surface area contributed by atoms with E-state index in [9.17, 15) is 29.0 Å². The van der Waals surface area contributed by atoms with E-state index in [0.29, 0.717) is 25.3 Å². The second kappa shape index (κ2) is 10.0. The number of rotatable bonds is 6. The zero-order valence-electron chi connectivity index (χ0n) is 20.1. The van der Waals surface area contributed by atoms with Crippen molar-refractivity contribution in [1.29, 1.82) is 0 Å². The molecule has 4 N–H and O–H groups in total. The van der Waals surface area contributed by atoms with Crippen molar-refractivity contribution in [2.24, 2.45) is 0 Å². The van der Waals surface area contributed by atoms with Crippen LogP contribution in [0.4, 0.5) is 10.1 Å². The number of carbonyl (C=O) groups is 3. The molecule has 0 aromatic heterocycles. The molecule has 2 fully saturated rings. The van der Waals surface area contributed by atoms with Crippen LogP contribution in [0.1, 0.15) is 39.9 Å². The van der Waals surface area contributed by atoms with Crippen LogP contribution in [0.2, 0.25) is 0 Å². The Labute approximate surface area is 213 Å². The molecule has 1 atom stereocenters.